The van der Waals surface area contributed by atoms with Gasteiger partial charge in [-0.25, -0.2) is 9.48 Å². The number of carboxylic acids is 1. The zero-order valence-corrected chi connectivity index (χ0v) is 10.8. The molecule has 0 saturated carbocycles. The van der Waals surface area contributed by atoms with E-state index in [1.54, 1.807) is 38.1 Å². The topological polar surface area (TPSA) is 55.1 Å². The number of carboxylic acid groups (broad SMARTS) is 1. The van der Waals surface area contributed by atoms with Crippen LogP contribution in [0, 0.1) is 13.8 Å². The second kappa shape index (κ2) is 4.82. The molecule has 1 unspecified atom stereocenters. The quantitative estimate of drug-likeness (QED) is 0.927. The number of hydrogen-bond acceptors (Lipinski definition) is 2. The number of aliphatic carboxylic acids is 1. The van der Waals surface area contributed by atoms with E-state index < -0.39 is 12.0 Å². The summed E-state index contributed by atoms with van der Waals surface area (Å²) < 4.78 is 1.45. The van der Waals surface area contributed by atoms with E-state index in [1.807, 2.05) is 6.07 Å². The minimum atomic E-state index is -0.955. The number of nitrogens with zero attached hydrogens (tertiary/aromatic N) is 2. The first-order chi connectivity index (χ1) is 8.52. The fraction of sp³-hybridized carbons (Fsp3) is 0.231. The molecule has 0 spiro atoms. The first-order valence-electron chi connectivity index (χ1n) is 5.51. The minimum absolute atomic E-state index is 0.511. The minimum Gasteiger partial charge on any atom is -0.479 e. The summed E-state index contributed by atoms with van der Waals surface area (Å²) in [6.07, 6.45) is 0. The van der Waals surface area contributed by atoms with Crippen LogP contribution in [0.3, 0.4) is 0 Å². The average molecular weight is 265 g/mol. The lowest BCUT2D eigenvalue weighted by Crippen LogP contribution is -2.22. The maximum Gasteiger partial charge on any atom is 0.333 e. The third kappa shape index (κ3) is 2.11. The molecule has 0 amide bonds. The number of rotatable bonds is 3. The Kier molecular flexibility index (Phi) is 3.39. The molecule has 2 aromatic rings. The van der Waals surface area contributed by atoms with Crippen LogP contribution in [0.2, 0.25) is 5.02 Å². The van der Waals surface area contributed by atoms with Crippen LogP contribution in [0.25, 0.3) is 0 Å². The van der Waals surface area contributed by atoms with Crippen molar-refractivity contribution in [3.05, 3.63) is 52.3 Å². The zero-order valence-electron chi connectivity index (χ0n) is 10.1. The number of aromatic nitrogens is 2. The van der Waals surface area contributed by atoms with Crippen molar-refractivity contribution in [2.75, 3.05) is 0 Å². The standard InChI is InChI=1S/C13H13ClN2O2/c1-8-11(14)9(2)16(15-8)12(13(17)18)10-6-4-3-5-7-10/h3-7,12H,1-2H3,(H,17,18). The van der Waals surface area contributed by atoms with Gasteiger partial charge in [0, 0.05) is 0 Å². The van der Waals surface area contributed by atoms with Crippen molar-refractivity contribution in [1.82, 2.24) is 9.78 Å². The van der Waals surface area contributed by atoms with Gasteiger partial charge in [-0.2, -0.15) is 5.10 Å². The first-order valence-corrected chi connectivity index (χ1v) is 5.89. The third-order valence-electron chi connectivity index (χ3n) is 2.83. The Hall–Kier alpha value is -1.81. The Morgan fingerprint density at radius 2 is 1.94 bits per heavy atom. The van der Waals surface area contributed by atoms with Gasteiger partial charge in [-0.15, -0.1) is 0 Å². The highest BCUT2D eigenvalue weighted by Crippen LogP contribution is 2.26. The van der Waals surface area contributed by atoms with Crippen molar-refractivity contribution < 1.29 is 9.90 Å². The molecule has 0 aliphatic rings. The molecule has 1 heterocycles. The molecule has 0 fully saturated rings. The van der Waals surface area contributed by atoms with E-state index >= 15 is 0 Å². The maximum atomic E-state index is 11.5. The molecule has 1 atom stereocenters. The predicted octanol–water partition coefficient (Wildman–Crippen LogP) is 2.83. The van der Waals surface area contributed by atoms with Gasteiger partial charge in [0.05, 0.1) is 16.4 Å². The van der Waals surface area contributed by atoms with Gasteiger partial charge in [0.25, 0.3) is 0 Å². The highest BCUT2D eigenvalue weighted by Gasteiger charge is 2.25. The molecule has 94 valence electrons. The summed E-state index contributed by atoms with van der Waals surface area (Å²) in [5, 5.41) is 14.1. The van der Waals surface area contributed by atoms with E-state index in [0.717, 1.165) is 0 Å². The molecule has 5 heteroatoms. The van der Waals surface area contributed by atoms with Gasteiger partial charge in [0.1, 0.15) is 0 Å². The summed E-state index contributed by atoms with van der Waals surface area (Å²) in [7, 11) is 0. The van der Waals surface area contributed by atoms with E-state index in [1.165, 1.54) is 4.68 Å². The van der Waals surface area contributed by atoms with Gasteiger partial charge >= 0.3 is 5.97 Å². The van der Waals surface area contributed by atoms with Crippen LogP contribution in [0.5, 0.6) is 0 Å². The van der Waals surface area contributed by atoms with Gasteiger partial charge in [-0.05, 0) is 19.4 Å². The van der Waals surface area contributed by atoms with Gasteiger partial charge in [-0.1, -0.05) is 41.9 Å². The second-order valence-electron chi connectivity index (χ2n) is 4.08. The molecular weight excluding hydrogens is 252 g/mol. The molecular formula is C13H13ClN2O2. The van der Waals surface area contributed by atoms with E-state index in [-0.39, 0.29) is 0 Å². The van der Waals surface area contributed by atoms with Crippen molar-refractivity contribution in [2.24, 2.45) is 0 Å². The van der Waals surface area contributed by atoms with Gasteiger partial charge in [0.2, 0.25) is 0 Å². The number of carbonyl (C=O) groups is 1. The first kappa shape index (κ1) is 12.6. The molecule has 0 saturated heterocycles. The number of benzene rings is 1. The molecule has 0 bridgehead atoms. The van der Waals surface area contributed by atoms with Gasteiger partial charge < -0.3 is 5.11 Å². The second-order valence-corrected chi connectivity index (χ2v) is 4.46. The lowest BCUT2D eigenvalue weighted by Gasteiger charge is -2.15. The van der Waals surface area contributed by atoms with Crippen LogP contribution in [-0.4, -0.2) is 20.9 Å². The van der Waals surface area contributed by atoms with Crippen LogP contribution in [0.15, 0.2) is 30.3 Å². The molecule has 0 radical (unpaired) electrons. The number of halogens is 1. The van der Waals surface area contributed by atoms with E-state index in [4.69, 9.17) is 11.6 Å². The fourth-order valence-electron chi connectivity index (χ4n) is 1.92. The van der Waals surface area contributed by atoms with E-state index in [9.17, 15) is 9.90 Å². The van der Waals surface area contributed by atoms with Crippen LogP contribution in [-0.2, 0) is 4.79 Å². The molecule has 4 nitrogen and oxygen atoms in total. The third-order valence-corrected chi connectivity index (χ3v) is 3.38. The summed E-state index contributed by atoms with van der Waals surface area (Å²) in [4.78, 5) is 11.5. The Bertz CT molecular complexity index is 578. The van der Waals surface area contributed by atoms with Crippen LogP contribution in [0.4, 0.5) is 0 Å². The smallest absolute Gasteiger partial charge is 0.333 e. The highest BCUT2D eigenvalue weighted by atomic mass is 35.5. The summed E-state index contributed by atoms with van der Waals surface area (Å²) >= 11 is 6.06. The van der Waals surface area contributed by atoms with Crippen molar-refractivity contribution in [3.8, 4) is 0 Å². The lowest BCUT2D eigenvalue weighted by molar-refractivity contribution is -0.139. The van der Waals surface area contributed by atoms with Gasteiger partial charge in [0.15, 0.2) is 6.04 Å². The lowest BCUT2D eigenvalue weighted by atomic mass is 10.1. The Morgan fingerprint density at radius 3 is 2.39 bits per heavy atom. The molecule has 2 rings (SSSR count). The van der Waals surface area contributed by atoms with Crippen molar-refractivity contribution in [2.45, 2.75) is 19.9 Å². The summed E-state index contributed by atoms with van der Waals surface area (Å²) in [5.74, 6) is -0.955. The normalized spacial score (nSPS) is 12.4. The van der Waals surface area contributed by atoms with E-state index in [2.05, 4.69) is 5.10 Å². The van der Waals surface area contributed by atoms with Crippen LogP contribution >= 0.6 is 11.6 Å². The molecule has 0 aliphatic carbocycles. The number of hydrogen-bond donors (Lipinski definition) is 1. The SMILES string of the molecule is Cc1nn(C(C(=O)O)c2ccccc2)c(C)c1Cl. The average Bonchev–Trinajstić information content (AvgIpc) is 2.59. The zero-order chi connectivity index (χ0) is 13.3. The molecule has 18 heavy (non-hydrogen) atoms. The molecule has 0 aliphatic heterocycles. The predicted molar refractivity (Wildman–Crippen MR) is 68.9 cm³/mol. The Labute approximate surface area is 110 Å². The number of aryl methyl sites for hydroxylation is 1. The van der Waals surface area contributed by atoms with Crippen LogP contribution in [0.1, 0.15) is 23.0 Å². The summed E-state index contributed by atoms with van der Waals surface area (Å²) in [6, 6.07) is 8.14. The van der Waals surface area contributed by atoms with Crippen molar-refractivity contribution >= 4 is 17.6 Å². The highest BCUT2D eigenvalue weighted by molar-refractivity contribution is 6.31. The largest absolute Gasteiger partial charge is 0.479 e. The summed E-state index contributed by atoms with van der Waals surface area (Å²) in [5.41, 5.74) is 1.97. The summed E-state index contributed by atoms with van der Waals surface area (Å²) in [6.45, 7) is 3.52. The maximum absolute atomic E-state index is 11.5. The van der Waals surface area contributed by atoms with Gasteiger partial charge in [-0.3, -0.25) is 0 Å². The fourth-order valence-corrected chi connectivity index (χ4v) is 2.04. The van der Waals surface area contributed by atoms with E-state index in [0.29, 0.717) is 22.0 Å². The Morgan fingerprint density at radius 1 is 1.33 bits per heavy atom. The van der Waals surface area contributed by atoms with Crippen LogP contribution < -0.4 is 0 Å². The van der Waals surface area contributed by atoms with Crippen molar-refractivity contribution in [3.63, 3.8) is 0 Å². The van der Waals surface area contributed by atoms with Crippen molar-refractivity contribution in [1.29, 1.82) is 0 Å². The Balaban J connectivity index is 2.56. The molecule has 1 N–H and O–H groups in total. The molecule has 1 aromatic carbocycles. The molecule has 1 aromatic heterocycles. The monoisotopic (exact) mass is 264 g/mol.